The lowest BCUT2D eigenvalue weighted by Gasteiger charge is -2.16. The number of nitrogens with zero attached hydrogens (tertiary/aromatic N) is 2. The summed E-state index contributed by atoms with van der Waals surface area (Å²) in [7, 11) is 0. The Morgan fingerprint density at radius 2 is 0.759 bits per heavy atom. The van der Waals surface area contributed by atoms with Gasteiger partial charge in [-0.3, -0.25) is 0 Å². The Labute approximate surface area is 314 Å². The predicted octanol–water partition coefficient (Wildman–Crippen LogP) is 13.9. The summed E-state index contributed by atoms with van der Waals surface area (Å²) in [6.07, 6.45) is 0. The molecule has 0 aliphatic rings. The molecule has 0 fully saturated rings. The molecule has 0 amide bonds. The first-order valence-corrected chi connectivity index (χ1v) is 18.4. The van der Waals surface area contributed by atoms with Crippen LogP contribution in [0, 0.1) is 0 Å². The van der Waals surface area contributed by atoms with Gasteiger partial charge in [0.25, 0.3) is 0 Å². The highest BCUT2D eigenvalue weighted by atomic mass is 14.9. The van der Waals surface area contributed by atoms with Crippen molar-refractivity contribution in [3.8, 4) is 67.3 Å². The van der Waals surface area contributed by atoms with Gasteiger partial charge < -0.3 is 0 Å². The van der Waals surface area contributed by atoms with E-state index in [1.165, 1.54) is 38.2 Å². The van der Waals surface area contributed by atoms with Crippen molar-refractivity contribution in [2.24, 2.45) is 0 Å². The Morgan fingerprint density at radius 3 is 1.44 bits per heavy atom. The number of benzene rings is 9. The number of aromatic nitrogens is 2. The summed E-state index contributed by atoms with van der Waals surface area (Å²) in [4.78, 5) is 10.9. The minimum atomic E-state index is 0.711. The molecule has 1 heterocycles. The van der Waals surface area contributed by atoms with Gasteiger partial charge in [0.1, 0.15) is 0 Å². The number of rotatable bonds is 6. The standard InChI is InChI=1S/C52H34N2/c1-3-13-35(14-4-1)36-23-25-37(26-24-36)38-27-29-41(30-28-38)49-34-50(46-22-12-11-19-43(46)39-15-5-2-6-16-39)54-52(53-49)51-45-21-10-8-18-42(45)33-48-44-20-9-7-17-40(44)31-32-47(48)51/h1-34H. The van der Waals surface area contributed by atoms with Gasteiger partial charge in [0.05, 0.1) is 11.4 Å². The molecule has 0 atom stereocenters. The lowest BCUT2D eigenvalue weighted by molar-refractivity contribution is 1.19. The summed E-state index contributed by atoms with van der Waals surface area (Å²) in [5.41, 5.74) is 12.0. The van der Waals surface area contributed by atoms with Gasteiger partial charge in [-0.1, -0.05) is 194 Å². The first-order valence-electron chi connectivity index (χ1n) is 18.4. The van der Waals surface area contributed by atoms with Crippen LogP contribution >= 0.6 is 0 Å². The molecule has 1 aromatic heterocycles. The molecule has 10 rings (SSSR count). The van der Waals surface area contributed by atoms with Crippen LogP contribution in [0.2, 0.25) is 0 Å². The third-order valence-electron chi connectivity index (χ3n) is 10.5. The largest absolute Gasteiger partial charge is 0.228 e. The fourth-order valence-corrected chi connectivity index (χ4v) is 7.80. The van der Waals surface area contributed by atoms with Crippen molar-refractivity contribution in [3.05, 3.63) is 206 Å². The van der Waals surface area contributed by atoms with Gasteiger partial charge in [-0.15, -0.1) is 0 Å². The second-order valence-corrected chi connectivity index (χ2v) is 13.7. The molecule has 0 saturated carbocycles. The number of hydrogen-bond acceptors (Lipinski definition) is 2. The summed E-state index contributed by atoms with van der Waals surface area (Å²) in [6, 6.07) is 73.4. The number of fused-ring (bicyclic) bond motifs is 4. The van der Waals surface area contributed by atoms with Crippen LogP contribution < -0.4 is 0 Å². The first kappa shape index (κ1) is 31.6. The molecule has 10 aromatic rings. The molecule has 0 aliphatic heterocycles. The van der Waals surface area contributed by atoms with E-state index in [1.54, 1.807) is 0 Å². The van der Waals surface area contributed by atoms with Gasteiger partial charge in [-0.25, -0.2) is 9.97 Å². The quantitative estimate of drug-likeness (QED) is 0.129. The molecule has 54 heavy (non-hydrogen) atoms. The van der Waals surface area contributed by atoms with Crippen molar-refractivity contribution in [2.75, 3.05) is 0 Å². The predicted molar refractivity (Wildman–Crippen MR) is 227 cm³/mol. The molecular formula is C52H34N2. The summed E-state index contributed by atoms with van der Waals surface area (Å²) < 4.78 is 0. The molecule has 2 heteroatoms. The highest BCUT2D eigenvalue weighted by Crippen LogP contribution is 2.41. The maximum atomic E-state index is 5.45. The van der Waals surface area contributed by atoms with Crippen LogP contribution in [0.15, 0.2) is 206 Å². The van der Waals surface area contributed by atoms with Crippen molar-refractivity contribution in [3.63, 3.8) is 0 Å². The third-order valence-corrected chi connectivity index (χ3v) is 10.5. The normalized spacial score (nSPS) is 11.3. The van der Waals surface area contributed by atoms with E-state index in [0.717, 1.165) is 55.5 Å². The topological polar surface area (TPSA) is 25.8 Å². The first-order chi connectivity index (χ1) is 26.8. The Kier molecular flexibility index (Phi) is 7.85. The Balaban J connectivity index is 1.17. The zero-order chi connectivity index (χ0) is 35.8. The van der Waals surface area contributed by atoms with Gasteiger partial charge in [0.2, 0.25) is 0 Å². The summed E-state index contributed by atoms with van der Waals surface area (Å²) in [6.45, 7) is 0. The van der Waals surface area contributed by atoms with Crippen LogP contribution in [0.1, 0.15) is 0 Å². The molecule has 9 aromatic carbocycles. The van der Waals surface area contributed by atoms with E-state index in [1.807, 2.05) is 0 Å². The second-order valence-electron chi connectivity index (χ2n) is 13.7. The minimum Gasteiger partial charge on any atom is -0.228 e. The fourth-order valence-electron chi connectivity index (χ4n) is 7.80. The smallest absolute Gasteiger partial charge is 0.161 e. The van der Waals surface area contributed by atoms with Crippen LogP contribution in [-0.2, 0) is 0 Å². The highest BCUT2D eigenvalue weighted by Gasteiger charge is 2.19. The minimum absolute atomic E-state index is 0.711. The van der Waals surface area contributed by atoms with E-state index in [9.17, 15) is 0 Å². The van der Waals surface area contributed by atoms with Crippen LogP contribution in [-0.4, -0.2) is 9.97 Å². The van der Waals surface area contributed by atoms with E-state index in [-0.39, 0.29) is 0 Å². The molecule has 0 unspecified atom stereocenters. The van der Waals surface area contributed by atoms with Gasteiger partial charge in [-0.05, 0) is 77.8 Å². The van der Waals surface area contributed by atoms with Crippen molar-refractivity contribution in [2.45, 2.75) is 0 Å². The molecule has 0 radical (unpaired) electrons. The molecule has 0 N–H and O–H groups in total. The molecular weight excluding hydrogens is 653 g/mol. The van der Waals surface area contributed by atoms with Crippen LogP contribution in [0.4, 0.5) is 0 Å². The van der Waals surface area contributed by atoms with Gasteiger partial charge >= 0.3 is 0 Å². The van der Waals surface area contributed by atoms with Gasteiger partial charge in [0.15, 0.2) is 5.82 Å². The van der Waals surface area contributed by atoms with Crippen molar-refractivity contribution < 1.29 is 0 Å². The molecule has 0 spiro atoms. The molecule has 0 aliphatic carbocycles. The Morgan fingerprint density at radius 1 is 0.259 bits per heavy atom. The van der Waals surface area contributed by atoms with Crippen LogP contribution in [0.25, 0.3) is 99.6 Å². The van der Waals surface area contributed by atoms with Crippen LogP contribution in [0.5, 0.6) is 0 Å². The van der Waals surface area contributed by atoms with Crippen LogP contribution in [0.3, 0.4) is 0 Å². The maximum Gasteiger partial charge on any atom is 0.161 e. The number of hydrogen-bond donors (Lipinski definition) is 0. The van der Waals surface area contributed by atoms with E-state index in [2.05, 4.69) is 206 Å². The van der Waals surface area contributed by atoms with E-state index in [4.69, 9.17) is 9.97 Å². The summed E-state index contributed by atoms with van der Waals surface area (Å²) >= 11 is 0. The SMILES string of the molecule is c1ccc(-c2ccc(-c3ccc(-c4cc(-c5ccccc5-c5ccccc5)nc(-c5c6ccccc6cc6c5ccc5ccccc56)n4)cc3)cc2)cc1. The molecule has 2 nitrogen and oxygen atoms in total. The molecule has 0 saturated heterocycles. The van der Waals surface area contributed by atoms with E-state index < -0.39 is 0 Å². The average Bonchev–Trinajstić information content (AvgIpc) is 3.26. The van der Waals surface area contributed by atoms with E-state index >= 15 is 0 Å². The Hall–Kier alpha value is -7.16. The average molecular weight is 687 g/mol. The summed E-state index contributed by atoms with van der Waals surface area (Å²) in [5.74, 6) is 0.711. The second kappa shape index (κ2) is 13.4. The van der Waals surface area contributed by atoms with Crippen molar-refractivity contribution in [1.82, 2.24) is 9.97 Å². The van der Waals surface area contributed by atoms with Crippen molar-refractivity contribution in [1.29, 1.82) is 0 Å². The molecule has 252 valence electrons. The zero-order valence-electron chi connectivity index (χ0n) is 29.5. The van der Waals surface area contributed by atoms with E-state index in [0.29, 0.717) is 5.82 Å². The third kappa shape index (κ3) is 5.71. The van der Waals surface area contributed by atoms with Crippen molar-refractivity contribution >= 4 is 32.3 Å². The summed E-state index contributed by atoms with van der Waals surface area (Å²) in [5, 5.41) is 7.08. The maximum absolute atomic E-state index is 5.45. The fraction of sp³-hybridized carbons (Fsp3) is 0. The monoisotopic (exact) mass is 686 g/mol. The molecule has 0 bridgehead atoms. The lowest BCUT2D eigenvalue weighted by Crippen LogP contribution is -1.98. The van der Waals surface area contributed by atoms with Gasteiger partial charge in [-0.2, -0.15) is 0 Å². The van der Waals surface area contributed by atoms with Gasteiger partial charge in [0, 0.05) is 16.7 Å². The Bertz CT molecular complexity index is 2950. The lowest BCUT2D eigenvalue weighted by atomic mass is 9.92. The zero-order valence-corrected chi connectivity index (χ0v) is 29.5. The highest BCUT2D eigenvalue weighted by molar-refractivity contribution is 6.19.